The fourth-order valence-corrected chi connectivity index (χ4v) is 3.12. The zero-order valence-electron chi connectivity index (χ0n) is 12.4. The van der Waals surface area contributed by atoms with Crippen LogP contribution in [0.4, 0.5) is 0 Å². The molecule has 116 valence electrons. The van der Waals surface area contributed by atoms with Gasteiger partial charge >= 0.3 is 5.97 Å². The molecule has 0 radical (unpaired) electrons. The van der Waals surface area contributed by atoms with Crippen molar-refractivity contribution in [3.8, 4) is 0 Å². The topological polar surface area (TPSA) is 71.7 Å². The van der Waals surface area contributed by atoms with Gasteiger partial charge in [-0.05, 0) is 18.1 Å². The molecule has 6 heteroatoms. The number of thiazole rings is 1. The van der Waals surface area contributed by atoms with Crippen molar-refractivity contribution < 1.29 is 9.90 Å². The van der Waals surface area contributed by atoms with Gasteiger partial charge in [0.25, 0.3) is 5.56 Å². The van der Waals surface area contributed by atoms with Crippen LogP contribution in [-0.4, -0.2) is 20.5 Å². The normalized spacial score (nSPS) is 11.3. The van der Waals surface area contributed by atoms with Gasteiger partial charge in [-0.3, -0.25) is 9.20 Å². The lowest BCUT2D eigenvalue weighted by molar-refractivity contribution is 0.0702. The first-order valence-corrected chi connectivity index (χ1v) is 7.93. The molecule has 2 aromatic heterocycles. The van der Waals surface area contributed by atoms with E-state index in [1.807, 2.05) is 43.3 Å². The van der Waals surface area contributed by atoms with Gasteiger partial charge in [-0.1, -0.05) is 54.7 Å². The second-order valence-electron chi connectivity index (χ2n) is 4.93. The van der Waals surface area contributed by atoms with Crippen LogP contribution in [0, 0.1) is 0 Å². The lowest BCUT2D eigenvalue weighted by atomic mass is 10.1. The first-order valence-electron chi connectivity index (χ1n) is 7.11. The van der Waals surface area contributed by atoms with Crippen LogP contribution in [0.3, 0.4) is 0 Å². The molecule has 3 aromatic rings. The van der Waals surface area contributed by atoms with Gasteiger partial charge in [-0.25, -0.2) is 9.78 Å². The van der Waals surface area contributed by atoms with Gasteiger partial charge in [-0.2, -0.15) is 0 Å². The highest BCUT2D eigenvalue weighted by atomic mass is 32.1. The van der Waals surface area contributed by atoms with Gasteiger partial charge < -0.3 is 5.11 Å². The summed E-state index contributed by atoms with van der Waals surface area (Å²) < 4.78 is 1.31. The molecule has 1 aromatic carbocycles. The molecule has 0 bridgehead atoms. The minimum atomic E-state index is -1.06. The van der Waals surface area contributed by atoms with Crippen LogP contribution >= 0.6 is 11.3 Å². The molecule has 0 saturated heterocycles. The van der Waals surface area contributed by atoms with Crippen molar-refractivity contribution >= 4 is 34.4 Å². The second kappa shape index (κ2) is 6.18. The number of benzene rings is 1. The van der Waals surface area contributed by atoms with Crippen molar-refractivity contribution in [2.75, 3.05) is 0 Å². The summed E-state index contributed by atoms with van der Waals surface area (Å²) in [7, 11) is 0. The third-order valence-corrected chi connectivity index (χ3v) is 4.42. The van der Waals surface area contributed by atoms with E-state index in [0.717, 1.165) is 16.9 Å². The number of carboxylic acids is 1. The molecule has 0 unspecified atom stereocenters. The number of fused-ring (bicyclic) bond motifs is 1. The van der Waals surface area contributed by atoms with Gasteiger partial charge in [0.2, 0.25) is 0 Å². The summed E-state index contributed by atoms with van der Waals surface area (Å²) in [6, 6.07) is 9.72. The van der Waals surface area contributed by atoms with E-state index < -0.39 is 5.97 Å². The lowest BCUT2D eigenvalue weighted by Gasteiger charge is -2.03. The second-order valence-corrected chi connectivity index (χ2v) is 5.94. The van der Waals surface area contributed by atoms with Gasteiger partial charge in [0.15, 0.2) is 4.96 Å². The number of aromatic nitrogens is 2. The summed E-state index contributed by atoms with van der Waals surface area (Å²) >= 11 is 0.993. The summed E-state index contributed by atoms with van der Waals surface area (Å²) in [5.74, 6) is -1.06. The van der Waals surface area contributed by atoms with Gasteiger partial charge in [0.1, 0.15) is 4.88 Å². The summed E-state index contributed by atoms with van der Waals surface area (Å²) in [5.41, 5.74) is 1.95. The quantitative estimate of drug-likeness (QED) is 0.799. The fourth-order valence-electron chi connectivity index (χ4n) is 2.30. The third kappa shape index (κ3) is 2.93. The highest BCUT2D eigenvalue weighted by molar-refractivity contribution is 7.18. The van der Waals surface area contributed by atoms with Crippen LogP contribution in [0.1, 0.15) is 33.4 Å². The average Bonchev–Trinajstić information content (AvgIpc) is 2.99. The first kappa shape index (κ1) is 15.2. The van der Waals surface area contributed by atoms with Crippen LogP contribution in [0.2, 0.25) is 0 Å². The van der Waals surface area contributed by atoms with E-state index in [1.54, 1.807) is 6.08 Å². The number of hydrogen-bond acceptors (Lipinski definition) is 4. The molecule has 0 aliphatic rings. The maximum Gasteiger partial charge on any atom is 0.347 e. The molecule has 0 aliphatic carbocycles. The molecule has 3 rings (SSSR count). The molecule has 0 aliphatic heterocycles. The number of nitrogens with zero attached hydrogens (tertiary/aromatic N) is 2. The average molecular weight is 326 g/mol. The molecule has 0 atom stereocenters. The largest absolute Gasteiger partial charge is 0.477 e. The van der Waals surface area contributed by atoms with E-state index in [9.17, 15) is 9.59 Å². The Hall–Kier alpha value is -2.73. The summed E-state index contributed by atoms with van der Waals surface area (Å²) in [4.78, 5) is 28.6. The van der Waals surface area contributed by atoms with Crippen molar-refractivity contribution in [3.63, 3.8) is 0 Å². The predicted octanol–water partition coefficient (Wildman–Crippen LogP) is 3.19. The summed E-state index contributed by atoms with van der Waals surface area (Å²) in [6.07, 6.45) is 5.56. The molecule has 0 fully saturated rings. The number of carboxylic acid groups (broad SMARTS) is 1. The molecular weight excluding hydrogens is 312 g/mol. The van der Waals surface area contributed by atoms with Crippen molar-refractivity contribution in [1.29, 1.82) is 0 Å². The molecule has 5 nitrogen and oxygen atoms in total. The Balaban J connectivity index is 2.14. The van der Waals surface area contributed by atoms with Crippen LogP contribution < -0.4 is 5.56 Å². The fraction of sp³-hybridized carbons (Fsp3) is 0.118. The summed E-state index contributed by atoms with van der Waals surface area (Å²) in [6.45, 7) is 1.88. The minimum absolute atomic E-state index is 0.0980. The van der Waals surface area contributed by atoms with Gasteiger partial charge in [0, 0.05) is 11.8 Å². The number of aromatic carboxylic acids is 1. The van der Waals surface area contributed by atoms with Crippen LogP contribution in [0.15, 0.2) is 41.3 Å². The zero-order valence-corrected chi connectivity index (χ0v) is 13.2. The van der Waals surface area contributed by atoms with E-state index in [1.165, 1.54) is 10.6 Å². The predicted molar refractivity (Wildman–Crippen MR) is 91.0 cm³/mol. The Kier molecular flexibility index (Phi) is 4.08. The SMILES string of the molecule is CCc1c(C=Cc2ccccc2)nc2sc(C(=O)O)cn2c1=O. The molecule has 23 heavy (non-hydrogen) atoms. The Morgan fingerprint density at radius 3 is 2.70 bits per heavy atom. The highest BCUT2D eigenvalue weighted by Crippen LogP contribution is 2.18. The van der Waals surface area contributed by atoms with Gasteiger partial charge in [-0.15, -0.1) is 0 Å². The Morgan fingerprint density at radius 1 is 1.30 bits per heavy atom. The molecule has 0 amide bonds. The maximum atomic E-state index is 12.5. The van der Waals surface area contributed by atoms with Crippen molar-refractivity contribution in [2.45, 2.75) is 13.3 Å². The molecule has 1 N–H and O–H groups in total. The van der Waals surface area contributed by atoms with Crippen molar-refractivity contribution in [3.05, 3.63) is 68.6 Å². The smallest absolute Gasteiger partial charge is 0.347 e. The Bertz CT molecular complexity index is 955. The molecule has 0 spiro atoms. The first-order chi connectivity index (χ1) is 11.1. The van der Waals surface area contributed by atoms with E-state index >= 15 is 0 Å². The monoisotopic (exact) mass is 326 g/mol. The van der Waals surface area contributed by atoms with Crippen LogP contribution in [0.25, 0.3) is 17.1 Å². The number of hydrogen-bond donors (Lipinski definition) is 1. The van der Waals surface area contributed by atoms with E-state index in [0.29, 0.717) is 22.6 Å². The highest BCUT2D eigenvalue weighted by Gasteiger charge is 2.15. The van der Waals surface area contributed by atoms with Crippen molar-refractivity contribution in [2.24, 2.45) is 0 Å². The summed E-state index contributed by atoms with van der Waals surface area (Å²) in [5, 5.41) is 9.08. The Labute approximate surface area is 136 Å². The Morgan fingerprint density at radius 2 is 2.04 bits per heavy atom. The van der Waals surface area contributed by atoms with Crippen molar-refractivity contribution in [1.82, 2.24) is 9.38 Å². The van der Waals surface area contributed by atoms with E-state index in [4.69, 9.17) is 5.11 Å². The molecule has 2 heterocycles. The van der Waals surface area contributed by atoms with E-state index in [2.05, 4.69) is 4.98 Å². The van der Waals surface area contributed by atoms with Crippen LogP contribution in [-0.2, 0) is 6.42 Å². The molecule has 0 saturated carbocycles. The van der Waals surface area contributed by atoms with Gasteiger partial charge in [0.05, 0.1) is 5.69 Å². The molecular formula is C17H14N2O3S. The van der Waals surface area contributed by atoms with Crippen LogP contribution in [0.5, 0.6) is 0 Å². The lowest BCUT2D eigenvalue weighted by Crippen LogP contribution is -2.19. The number of carbonyl (C=O) groups is 1. The minimum Gasteiger partial charge on any atom is -0.477 e. The van der Waals surface area contributed by atoms with E-state index in [-0.39, 0.29) is 10.4 Å². The number of rotatable bonds is 4. The maximum absolute atomic E-state index is 12.5. The third-order valence-electron chi connectivity index (χ3n) is 3.45. The standard InChI is InChI=1S/C17H14N2O3S/c1-2-12-13(9-8-11-6-4-3-5-7-11)18-17-19(15(12)20)10-14(23-17)16(21)22/h3-10H,2H2,1H3,(H,21,22). The zero-order chi connectivity index (χ0) is 16.4.